The van der Waals surface area contributed by atoms with Crippen molar-refractivity contribution in [2.75, 3.05) is 0 Å². The summed E-state index contributed by atoms with van der Waals surface area (Å²) in [6, 6.07) is 0. The minimum atomic E-state index is -1.34. The number of amides is 1. The maximum atomic E-state index is 11.6. The highest BCUT2D eigenvalue weighted by Crippen LogP contribution is 2.42. The zero-order valence-corrected chi connectivity index (χ0v) is 11.6. The molecule has 0 saturated carbocycles. The predicted octanol–water partition coefficient (Wildman–Crippen LogP) is 0.988. The molecule has 0 aliphatic carbocycles. The van der Waals surface area contributed by atoms with Crippen LogP contribution in [0.1, 0.15) is 47.5 Å². The zero-order valence-electron chi connectivity index (χ0n) is 11.6. The number of carbonyl (C=O) groups excluding carboxylic acids is 1. The van der Waals surface area contributed by atoms with Crippen molar-refractivity contribution >= 4 is 11.9 Å². The first-order valence-corrected chi connectivity index (χ1v) is 5.94. The minimum absolute atomic E-state index is 0.148. The highest BCUT2D eigenvalue weighted by molar-refractivity contribution is 5.86. The molecular weight excluding hydrogens is 236 g/mol. The first-order chi connectivity index (χ1) is 7.93. The van der Waals surface area contributed by atoms with Gasteiger partial charge in [-0.1, -0.05) is 0 Å². The molecule has 6 heteroatoms. The fraction of sp³-hybridized carbons (Fsp3) is 0.833. The van der Waals surface area contributed by atoms with Crippen molar-refractivity contribution in [3.63, 3.8) is 0 Å². The smallest absolute Gasteiger partial charge is 0.329 e. The van der Waals surface area contributed by atoms with Crippen LogP contribution in [0.3, 0.4) is 0 Å². The third-order valence-electron chi connectivity index (χ3n) is 3.44. The van der Waals surface area contributed by atoms with Crippen molar-refractivity contribution in [2.45, 2.75) is 64.1 Å². The largest absolute Gasteiger partial charge is 0.480 e. The van der Waals surface area contributed by atoms with Gasteiger partial charge in [-0.2, -0.15) is 5.06 Å². The SMILES string of the molecule is CC(=O)NC1(C(=O)O)CC(C)(C)N(O)C(C)(C)C1. The van der Waals surface area contributed by atoms with Crippen LogP contribution in [0, 0.1) is 0 Å². The molecule has 3 N–H and O–H groups in total. The molecule has 1 heterocycles. The summed E-state index contributed by atoms with van der Waals surface area (Å²) in [4.78, 5) is 22.9. The molecule has 0 aromatic heterocycles. The molecule has 104 valence electrons. The summed E-state index contributed by atoms with van der Waals surface area (Å²) in [5.41, 5.74) is -2.80. The van der Waals surface area contributed by atoms with Gasteiger partial charge in [-0.05, 0) is 27.7 Å². The number of carbonyl (C=O) groups is 2. The molecule has 1 amide bonds. The van der Waals surface area contributed by atoms with Gasteiger partial charge in [-0.25, -0.2) is 4.79 Å². The topological polar surface area (TPSA) is 89.9 Å². The monoisotopic (exact) mass is 258 g/mol. The normalized spacial score (nSPS) is 25.4. The Morgan fingerprint density at radius 1 is 1.11 bits per heavy atom. The number of rotatable bonds is 2. The third kappa shape index (κ3) is 2.49. The van der Waals surface area contributed by atoms with E-state index in [1.54, 1.807) is 27.7 Å². The number of hydrogen-bond donors (Lipinski definition) is 3. The predicted molar refractivity (Wildman–Crippen MR) is 65.2 cm³/mol. The third-order valence-corrected chi connectivity index (χ3v) is 3.44. The van der Waals surface area contributed by atoms with Crippen molar-refractivity contribution in [1.82, 2.24) is 10.4 Å². The van der Waals surface area contributed by atoms with Crippen LogP contribution in [0.4, 0.5) is 0 Å². The molecule has 1 rings (SSSR count). The molecule has 1 aliphatic rings. The van der Waals surface area contributed by atoms with Crippen molar-refractivity contribution in [3.8, 4) is 0 Å². The number of carboxylic acid groups (broad SMARTS) is 1. The van der Waals surface area contributed by atoms with Gasteiger partial charge in [-0.3, -0.25) is 4.79 Å². The second-order valence-electron chi connectivity index (χ2n) is 6.36. The number of piperidine rings is 1. The Morgan fingerprint density at radius 2 is 1.50 bits per heavy atom. The van der Waals surface area contributed by atoms with E-state index in [0.717, 1.165) is 0 Å². The average molecular weight is 258 g/mol. The van der Waals surface area contributed by atoms with E-state index in [1.165, 1.54) is 12.0 Å². The Bertz CT molecular complexity index is 358. The van der Waals surface area contributed by atoms with E-state index in [-0.39, 0.29) is 18.7 Å². The van der Waals surface area contributed by atoms with Crippen LogP contribution in [0.5, 0.6) is 0 Å². The van der Waals surface area contributed by atoms with Crippen LogP contribution in [0.25, 0.3) is 0 Å². The van der Waals surface area contributed by atoms with E-state index < -0.39 is 22.6 Å². The van der Waals surface area contributed by atoms with Gasteiger partial charge in [-0.15, -0.1) is 0 Å². The highest BCUT2D eigenvalue weighted by atomic mass is 16.5. The number of hydroxylamine groups is 2. The second kappa shape index (κ2) is 4.20. The van der Waals surface area contributed by atoms with E-state index >= 15 is 0 Å². The van der Waals surface area contributed by atoms with Crippen molar-refractivity contribution < 1.29 is 19.9 Å². The Kier molecular flexibility index (Phi) is 3.49. The van der Waals surface area contributed by atoms with Crippen LogP contribution in [0.15, 0.2) is 0 Å². The van der Waals surface area contributed by atoms with E-state index in [2.05, 4.69) is 5.32 Å². The van der Waals surface area contributed by atoms with E-state index in [0.29, 0.717) is 0 Å². The number of carboxylic acids is 1. The summed E-state index contributed by atoms with van der Waals surface area (Å²) in [5.74, 6) is -1.44. The lowest BCUT2D eigenvalue weighted by Crippen LogP contribution is -2.70. The van der Waals surface area contributed by atoms with Gasteiger partial charge in [0.2, 0.25) is 5.91 Å². The molecule has 0 aromatic carbocycles. The summed E-state index contributed by atoms with van der Waals surface area (Å²) in [7, 11) is 0. The highest BCUT2D eigenvalue weighted by Gasteiger charge is 2.56. The molecule has 0 radical (unpaired) electrons. The van der Waals surface area contributed by atoms with E-state index in [1.807, 2.05) is 0 Å². The van der Waals surface area contributed by atoms with Crippen molar-refractivity contribution in [2.24, 2.45) is 0 Å². The maximum absolute atomic E-state index is 11.6. The van der Waals surface area contributed by atoms with Crippen LogP contribution in [-0.2, 0) is 9.59 Å². The van der Waals surface area contributed by atoms with Crippen molar-refractivity contribution in [3.05, 3.63) is 0 Å². The summed E-state index contributed by atoms with van der Waals surface area (Å²) in [6.07, 6.45) is 0.295. The molecule has 0 bridgehead atoms. The van der Waals surface area contributed by atoms with Gasteiger partial charge < -0.3 is 15.6 Å². The van der Waals surface area contributed by atoms with Crippen LogP contribution < -0.4 is 5.32 Å². The molecule has 1 aliphatic heterocycles. The molecule has 18 heavy (non-hydrogen) atoms. The van der Waals surface area contributed by atoms with Gasteiger partial charge in [0.15, 0.2) is 0 Å². The Labute approximate surface area is 107 Å². The fourth-order valence-corrected chi connectivity index (χ4v) is 3.14. The van der Waals surface area contributed by atoms with Gasteiger partial charge >= 0.3 is 5.97 Å². The molecule has 1 fully saturated rings. The van der Waals surface area contributed by atoms with Crippen molar-refractivity contribution in [1.29, 1.82) is 0 Å². The summed E-state index contributed by atoms with van der Waals surface area (Å²) >= 11 is 0. The quantitative estimate of drug-likeness (QED) is 0.687. The van der Waals surface area contributed by atoms with Gasteiger partial charge in [0, 0.05) is 30.8 Å². The number of hydrogen-bond acceptors (Lipinski definition) is 4. The second-order valence-corrected chi connectivity index (χ2v) is 6.36. The first-order valence-electron chi connectivity index (χ1n) is 5.94. The molecule has 0 atom stereocenters. The van der Waals surface area contributed by atoms with Gasteiger partial charge in [0.1, 0.15) is 5.54 Å². The van der Waals surface area contributed by atoms with E-state index in [9.17, 15) is 19.9 Å². The standard InChI is InChI=1S/C12H22N2O4/c1-8(15)13-12(9(16)17)6-10(2,3)14(18)11(4,5)7-12/h18H,6-7H2,1-5H3,(H,13,15)(H,16,17). The lowest BCUT2D eigenvalue weighted by Gasteiger charge is -2.54. The number of nitrogens with one attached hydrogen (secondary N) is 1. The zero-order chi connectivity index (χ0) is 14.4. The van der Waals surface area contributed by atoms with Gasteiger partial charge in [0.05, 0.1) is 0 Å². The lowest BCUT2D eigenvalue weighted by molar-refractivity contribution is -0.256. The van der Waals surface area contributed by atoms with E-state index in [4.69, 9.17) is 0 Å². The summed E-state index contributed by atoms with van der Waals surface area (Å²) < 4.78 is 0. The number of nitrogens with zero attached hydrogens (tertiary/aromatic N) is 1. The van der Waals surface area contributed by atoms with Crippen LogP contribution >= 0.6 is 0 Å². The molecule has 0 spiro atoms. The molecule has 6 nitrogen and oxygen atoms in total. The first kappa shape index (κ1) is 14.9. The van der Waals surface area contributed by atoms with Crippen LogP contribution in [-0.4, -0.2) is 43.9 Å². The number of aliphatic carboxylic acids is 1. The Hall–Kier alpha value is -1.14. The fourth-order valence-electron chi connectivity index (χ4n) is 3.14. The Balaban J connectivity index is 3.22. The molecule has 0 unspecified atom stereocenters. The maximum Gasteiger partial charge on any atom is 0.329 e. The molecule has 0 aromatic rings. The van der Waals surface area contributed by atoms with Crippen LogP contribution in [0.2, 0.25) is 0 Å². The summed E-state index contributed by atoms with van der Waals surface area (Å²) in [6.45, 7) is 8.33. The Morgan fingerprint density at radius 3 is 1.78 bits per heavy atom. The average Bonchev–Trinajstić information content (AvgIpc) is 2.11. The van der Waals surface area contributed by atoms with Gasteiger partial charge in [0.25, 0.3) is 0 Å². The summed E-state index contributed by atoms with van der Waals surface area (Å²) in [5, 5.41) is 23.3. The lowest BCUT2D eigenvalue weighted by atomic mass is 9.70. The minimum Gasteiger partial charge on any atom is -0.480 e. The molecular formula is C12H22N2O4. The molecule has 1 saturated heterocycles.